The minimum absolute atomic E-state index is 0.133. The fourth-order valence-corrected chi connectivity index (χ4v) is 1.04. The van der Waals surface area contributed by atoms with Crippen LogP contribution < -0.4 is 0 Å². The molecular formula is C10H17BrO2. The maximum atomic E-state index is 11.2. The van der Waals surface area contributed by atoms with E-state index in [-0.39, 0.29) is 11.6 Å². The Bertz CT molecular complexity index is 180. The van der Waals surface area contributed by atoms with Gasteiger partial charge in [-0.2, -0.15) is 0 Å². The fourth-order valence-electron chi connectivity index (χ4n) is 0.775. The van der Waals surface area contributed by atoms with Crippen LogP contribution >= 0.6 is 15.9 Å². The average Bonchev–Trinajstić information content (AvgIpc) is 1.94. The molecule has 0 aromatic heterocycles. The van der Waals surface area contributed by atoms with E-state index in [1.54, 1.807) is 0 Å². The van der Waals surface area contributed by atoms with E-state index < -0.39 is 0 Å². The van der Waals surface area contributed by atoms with Crippen LogP contribution in [-0.4, -0.2) is 16.9 Å². The summed E-state index contributed by atoms with van der Waals surface area (Å²) in [6.45, 7) is 5.62. The highest BCUT2D eigenvalue weighted by Crippen LogP contribution is 2.09. The zero-order chi connectivity index (χ0) is 10.3. The Morgan fingerprint density at radius 1 is 1.38 bits per heavy atom. The molecule has 0 fully saturated rings. The van der Waals surface area contributed by atoms with Crippen LogP contribution in [0.1, 0.15) is 33.6 Å². The van der Waals surface area contributed by atoms with Crippen LogP contribution in [0.3, 0.4) is 0 Å². The topological polar surface area (TPSA) is 26.3 Å². The van der Waals surface area contributed by atoms with Gasteiger partial charge in [0.25, 0.3) is 0 Å². The van der Waals surface area contributed by atoms with E-state index >= 15 is 0 Å². The molecule has 13 heavy (non-hydrogen) atoms. The lowest BCUT2D eigenvalue weighted by Crippen LogP contribution is -2.23. The smallest absolute Gasteiger partial charge is 0.306 e. The van der Waals surface area contributed by atoms with E-state index in [0.29, 0.717) is 6.42 Å². The quantitative estimate of drug-likeness (QED) is 0.435. The van der Waals surface area contributed by atoms with Gasteiger partial charge in [-0.15, -0.1) is 0 Å². The van der Waals surface area contributed by atoms with Gasteiger partial charge in [-0.1, -0.05) is 28.1 Å². The SMILES string of the molecule is CC(C)(C)OC(=O)CC/C=C/CBr. The summed E-state index contributed by atoms with van der Waals surface area (Å²) in [6.07, 6.45) is 5.16. The number of hydrogen-bond acceptors (Lipinski definition) is 2. The number of hydrogen-bond donors (Lipinski definition) is 0. The molecule has 0 atom stereocenters. The molecule has 0 saturated heterocycles. The van der Waals surface area contributed by atoms with E-state index in [1.165, 1.54) is 0 Å². The minimum Gasteiger partial charge on any atom is -0.460 e. The summed E-state index contributed by atoms with van der Waals surface area (Å²) < 4.78 is 5.13. The normalized spacial score (nSPS) is 12.0. The Labute approximate surface area is 88.5 Å². The van der Waals surface area contributed by atoms with Gasteiger partial charge in [0.05, 0.1) is 0 Å². The molecule has 3 heteroatoms. The van der Waals surface area contributed by atoms with Crippen LogP contribution in [-0.2, 0) is 9.53 Å². The first-order chi connectivity index (χ1) is 5.95. The van der Waals surface area contributed by atoms with Crippen molar-refractivity contribution < 1.29 is 9.53 Å². The van der Waals surface area contributed by atoms with Gasteiger partial charge >= 0.3 is 5.97 Å². The highest BCUT2D eigenvalue weighted by Gasteiger charge is 2.14. The van der Waals surface area contributed by atoms with E-state index in [1.807, 2.05) is 32.9 Å². The molecule has 0 aromatic rings. The number of rotatable bonds is 4. The van der Waals surface area contributed by atoms with Gasteiger partial charge in [0.15, 0.2) is 0 Å². The molecule has 0 aliphatic carbocycles. The molecule has 0 aliphatic heterocycles. The Morgan fingerprint density at radius 2 is 2.00 bits per heavy atom. The summed E-state index contributed by atoms with van der Waals surface area (Å²) in [4.78, 5) is 11.2. The van der Waals surface area contributed by atoms with Crippen molar-refractivity contribution in [3.05, 3.63) is 12.2 Å². The maximum Gasteiger partial charge on any atom is 0.306 e. The molecular weight excluding hydrogens is 232 g/mol. The van der Waals surface area contributed by atoms with Crippen molar-refractivity contribution >= 4 is 21.9 Å². The third-order valence-electron chi connectivity index (χ3n) is 1.19. The highest BCUT2D eigenvalue weighted by atomic mass is 79.9. The Hall–Kier alpha value is -0.310. The molecule has 0 spiro atoms. The van der Waals surface area contributed by atoms with E-state index in [2.05, 4.69) is 15.9 Å². The van der Waals surface area contributed by atoms with Gasteiger partial charge in [0, 0.05) is 11.8 Å². The zero-order valence-corrected chi connectivity index (χ0v) is 10.1. The van der Waals surface area contributed by atoms with E-state index in [4.69, 9.17) is 4.74 Å². The first-order valence-electron chi connectivity index (χ1n) is 4.38. The van der Waals surface area contributed by atoms with Crippen LogP contribution in [0.2, 0.25) is 0 Å². The largest absolute Gasteiger partial charge is 0.460 e. The van der Waals surface area contributed by atoms with Crippen molar-refractivity contribution in [3.8, 4) is 0 Å². The van der Waals surface area contributed by atoms with Gasteiger partial charge < -0.3 is 4.74 Å². The third-order valence-corrected chi connectivity index (χ3v) is 1.56. The summed E-state index contributed by atoms with van der Waals surface area (Å²) in [7, 11) is 0. The van der Waals surface area contributed by atoms with E-state index in [0.717, 1.165) is 11.8 Å². The number of halogens is 1. The number of carbonyl (C=O) groups excluding carboxylic acids is 1. The standard InChI is InChI=1S/C10H17BrO2/c1-10(2,3)13-9(12)7-5-4-6-8-11/h4,6H,5,7-8H2,1-3H3/b6-4+. The zero-order valence-electron chi connectivity index (χ0n) is 8.47. The van der Waals surface area contributed by atoms with Gasteiger partial charge in [-0.05, 0) is 27.2 Å². The summed E-state index contributed by atoms with van der Waals surface area (Å²) in [5, 5.41) is 0.835. The average molecular weight is 249 g/mol. The van der Waals surface area contributed by atoms with Gasteiger partial charge in [0.1, 0.15) is 5.60 Å². The van der Waals surface area contributed by atoms with Crippen LogP contribution in [0.5, 0.6) is 0 Å². The predicted molar refractivity (Wildman–Crippen MR) is 58.0 cm³/mol. The molecule has 0 heterocycles. The molecule has 0 rings (SSSR count). The lowest BCUT2D eigenvalue weighted by molar-refractivity contribution is -0.154. The number of alkyl halides is 1. The van der Waals surface area contributed by atoms with Crippen molar-refractivity contribution in [3.63, 3.8) is 0 Å². The monoisotopic (exact) mass is 248 g/mol. The summed E-state index contributed by atoms with van der Waals surface area (Å²) >= 11 is 3.26. The van der Waals surface area contributed by atoms with Crippen molar-refractivity contribution in [2.75, 3.05) is 5.33 Å². The summed E-state index contributed by atoms with van der Waals surface area (Å²) in [5.74, 6) is -0.133. The first-order valence-corrected chi connectivity index (χ1v) is 5.50. The second-order valence-electron chi connectivity index (χ2n) is 3.75. The van der Waals surface area contributed by atoms with Crippen molar-refractivity contribution in [2.24, 2.45) is 0 Å². The molecule has 0 unspecified atom stereocenters. The number of allylic oxidation sites excluding steroid dienone is 2. The molecule has 0 aliphatic rings. The second kappa shape index (κ2) is 6.19. The molecule has 0 amide bonds. The van der Waals surface area contributed by atoms with Crippen LogP contribution in [0.15, 0.2) is 12.2 Å². The van der Waals surface area contributed by atoms with Gasteiger partial charge in [0.2, 0.25) is 0 Å². The molecule has 76 valence electrons. The first kappa shape index (κ1) is 12.7. The van der Waals surface area contributed by atoms with Crippen LogP contribution in [0, 0.1) is 0 Å². The fraction of sp³-hybridized carbons (Fsp3) is 0.700. The maximum absolute atomic E-state index is 11.2. The van der Waals surface area contributed by atoms with Crippen molar-refractivity contribution in [1.29, 1.82) is 0 Å². The molecule has 2 nitrogen and oxygen atoms in total. The van der Waals surface area contributed by atoms with Crippen LogP contribution in [0.4, 0.5) is 0 Å². The predicted octanol–water partition coefficient (Wildman–Crippen LogP) is 3.06. The van der Waals surface area contributed by atoms with Crippen molar-refractivity contribution in [1.82, 2.24) is 0 Å². The minimum atomic E-state index is -0.365. The molecule has 0 N–H and O–H groups in total. The lowest BCUT2D eigenvalue weighted by atomic mass is 10.2. The second-order valence-corrected chi connectivity index (χ2v) is 4.40. The lowest BCUT2D eigenvalue weighted by Gasteiger charge is -2.19. The summed E-state index contributed by atoms with van der Waals surface area (Å²) in [5.41, 5.74) is -0.365. The van der Waals surface area contributed by atoms with Crippen molar-refractivity contribution in [2.45, 2.75) is 39.2 Å². The molecule has 0 bridgehead atoms. The van der Waals surface area contributed by atoms with E-state index in [9.17, 15) is 4.79 Å². The molecule has 0 saturated carbocycles. The summed E-state index contributed by atoms with van der Waals surface area (Å²) in [6, 6.07) is 0. The Balaban J connectivity index is 3.58. The number of carbonyl (C=O) groups is 1. The highest BCUT2D eigenvalue weighted by molar-refractivity contribution is 9.09. The molecule has 0 aromatic carbocycles. The Kier molecular flexibility index (Phi) is 6.04. The third kappa shape index (κ3) is 9.61. The van der Waals surface area contributed by atoms with Gasteiger partial charge in [-0.25, -0.2) is 0 Å². The van der Waals surface area contributed by atoms with Gasteiger partial charge in [-0.3, -0.25) is 4.79 Å². The van der Waals surface area contributed by atoms with Crippen LogP contribution in [0.25, 0.3) is 0 Å². The number of esters is 1. The number of ether oxygens (including phenoxy) is 1. The molecule has 0 radical (unpaired) electrons. The Morgan fingerprint density at radius 3 is 2.46 bits per heavy atom.